The summed E-state index contributed by atoms with van der Waals surface area (Å²) in [5, 5.41) is 69.2. The summed E-state index contributed by atoms with van der Waals surface area (Å²) < 4.78 is 35.5. The van der Waals surface area contributed by atoms with Crippen molar-refractivity contribution in [3.63, 3.8) is 0 Å². The molecule has 0 spiro atoms. The highest BCUT2D eigenvalue weighted by Crippen LogP contribution is 2.37. The van der Waals surface area contributed by atoms with Gasteiger partial charge in [0, 0.05) is 6.07 Å². The number of ether oxygens (including phenoxy) is 6. The third kappa shape index (κ3) is 11.5. The zero-order chi connectivity index (χ0) is 43.1. The first-order valence-corrected chi connectivity index (χ1v) is 20.1. The summed E-state index contributed by atoms with van der Waals surface area (Å²) in [6, 6.07) is -2.03. The topological polar surface area (TPSA) is 335 Å². The van der Waals surface area contributed by atoms with Gasteiger partial charge in [-0.15, -0.1) is 0 Å². The average Bonchev–Trinajstić information content (AvgIpc) is 3.21. The number of rotatable bonds is 15. The number of nitrogens with one attached hydrogen (secondary N) is 4. The van der Waals surface area contributed by atoms with E-state index in [1.54, 1.807) is 0 Å². The number of H-pyrrole nitrogens is 2. The van der Waals surface area contributed by atoms with E-state index in [0.717, 1.165) is 45.3 Å². The number of thiol groups is 1. The highest BCUT2D eigenvalue weighted by atomic mass is 32.1. The Bertz CT molecular complexity index is 1700. The molecule has 23 heteroatoms. The third-order valence-corrected chi connectivity index (χ3v) is 11.6. The van der Waals surface area contributed by atoms with Crippen LogP contribution in [0, 0.1) is 11.8 Å². The Kier molecular flexibility index (Phi) is 16.5. The molecule has 4 aliphatic rings. The number of amides is 2. The summed E-state index contributed by atoms with van der Waals surface area (Å²) in [5.74, 6) is -5.32. The Morgan fingerprint density at radius 3 is 2.25 bits per heavy atom. The van der Waals surface area contributed by atoms with Gasteiger partial charge < -0.3 is 74.7 Å². The van der Waals surface area contributed by atoms with E-state index in [0.29, 0.717) is 0 Å². The molecule has 2 saturated heterocycles. The van der Waals surface area contributed by atoms with E-state index in [9.17, 15) is 59.4 Å². The highest BCUT2D eigenvalue weighted by Gasteiger charge is 2.53. The third-order valence-electron chi connectivity index (χ3n) is 11.3. The number of carboxylic acids is 1. The van der Waals surface area contributed by atoms with E-state index in [4.69, 9.17) is 28.4 Å². The van der Waals surface area contributed by atoms with Crippen LogP contribution >= 0.6 is 12.6 Å². The number of esters is 1. The Labute approximate surface area is 342 Å². The largest absolute Gasteiger partial charge is 0.479 e. The van der Waals surface area contributed by atoms with Crippen molar-refractivity contribution in [2.24, 2.45) is 11.8 Å². The standard InChI is InChI=1S/C36H54N4O18S/c1-14-25(44)27(46)28(47)35(54-14)58-29-17(37-31(48)18-11-22(42)40-36(52)38-18)9-16(33(51)53-2)10-19(29)56-34-24(39-23(43)13-59)30(26(45)21(12-41)57-34)55-20(32(49)50)8-15-6-4-3-5-7-15/h11,14-17,19-21,24-30,34-35,41,44-47,59H,3-10,12-13H2,1-2H3,(H,37,48)(H,39,43)(H,49,50)(H2,38,40,42,52)/t14?,16?,17?,19-,20+,21+,24?,25-,26+,27+,28?,29-,30?,34-,35+/m1/s1. The van der Waals surface area contributed by atoms with Crippen LogP contribution in [-0.4, -0.2) is 170 Å². The van der Waals surface area contributed by atoms with Gasteiger partial charge in [0.05, 0.1) is 43.6 Å². The van der Waals surface area contributed by atoms with Crippen LogP contribution in [0.25, 0.3) is 0 Å². The lowest BCUT2D eigenvalue weighted by molar-refractivity contribution is -0.335. The molecule has 2 aliphatic carbocycles. The van der Waals surface area contributed by atoms with Gasteiger partial charge in [-0.2, -0.15) is 12.6 Å². The molecule has 2 saturated carbocycles. The summed E-state index contributed by atoms with van der Waals surface area (Å²) in [6.45, 7) is 0.557. The van der Waals surface area contributed by atoms with Crippen molar-refractivity contribution >= 4 is 36.4 Å². The molecule has 4 fully saturated rings. The number of methoxy groups -OCH3 is 1. The predicted molar refractivity (Wildman–Crippen MR) is 201 cm³/mol. The van der Waals surface area contributed by atoms with E-state index in [2.05, 4.69) is 28.2 Å². The van der Waals surface area contributed by atoms with Crippen LogP contribution in [0.2, 0.25) is 0 Å². The van der Waals surface area contributed by atoms with Crippen molar-refractivity contribution in [2.75, 3.05) is 19.5 Å². The molecule has 15 atom stereocenters. The number of carbonyl (C=O) groups excluding carboxylic acids is 3. The van der Waals surface area contributed by atoms with Crippen molar-refractivity contribution in [2.45, 2.75) is 144 Å². The van der Waals surface area contributed by atoms with Crippen LogP contribution in [0.1, 0.15) is 68.8 Å². The molecule has 0 aromatic carbocycles. The molecule has 22 nitrogen and oxygen atoms in total. The molecule has 332 valence electrons. The summed E-state index contributed by atoms with van der Waals surface area (Å²) in [7, 11) is 1.12. The quantitative estimate of drug-likeness (QED) is 0.0606. The molecule has 1 aromatic heterocycles. The van der Waals surface area contributed by atoms with Crippen LogP contribution in [0.15, 0.2) is 15.7 Å². The molecule has 0 bridgehead atoms. The maximum atomic E-state index is 13.6. The lowest BCUT2D eigenvalue weighted by Crippen LogP contribution is -2.68. The van der Waals surface area contributed by atoms with Gasteiger partial charge in [-0.05, 0) is 32.1 Å². The number of carboxylic acid groups (broad SMARTS) is 1. The molecule has 5 rings (SSSR count). The van der Waals surface area contributed by atoms with E-state index in [1.807, 2.05) is 4.98 Å². The zero-order valence-corrected chi connectivity index (χ0v) is 33.3. The second kappa shape index (κ2) is 20.9. The van der Waals surface area contributed by atoms with Crippen molar-refractivity contribution in [3.05, 3.63) is 32.6 Å². The first-order chi connectivity index (χ1) is 28.0. The normalized spacial score (nSPS) is 35.9. The molecule has 6 unspecified atom stereocenters. The smallest absolute Gasteiger partial charge is 0.332 e. The van der Waals surface area contributed by atoms with Crippen molar-refractivity contribution in [1.29, 1.82) is 0 Å². The lowest BCUT2D eigenvalue weighted by atomic mass is 9.81. The number of aliphatic carboxylic acids is 1. The van der Waals surface area contributed by atoms with Crippen LogP contribution < -0.4 is 21.9 Å². The number of aliphatic hydroxyl groups excluding tert-OH is 5. The van der Waals surface area contributed by atoms with Gasteiger partial charge in [-0.1, -0.05) is 32.1 Å². The zero-order valence-electron chi connectivity index (χ0n) is 32.4. The molecule has 2 aliphatic heterocycles. The SMILES string of the molecule is COC(=O)C1CC(NC(=O)c2cc(=O)[nH]c(=O)[nH]2)[C@@H](O[C@@H]2OC(C)[C@@H](O)[C@H](O)C2O)[C@H](O[C@@H]2O[C@@H](CO)[C@H](O)C(O[C@@H](CC3CCCCC3)C(=O)O)C2NC(=O)CS)C1. The van der Waals surface area contributed by atoms with Crippen molar-refractivity contribution < 1.29 is 78.2 Å². The second-order valence-electron chi connectivity index (χ2n) is 15.4. The van der Waals surface area contributed by atoms with Gasteiger partial charge in [-0.25, -0.2) is 9.59 Å². The molecule has 2 amide bonds. The molecule has 3 heterocycles. The van der Waals surface area contributed by atoms with Gasteiger partial charge in [0.25, 0.3) is 11.5 Å². The fourth-order valence-electron chi connectivity index (χ4n) is 8.18. The summed E-state index contributed by atoms with van der Waals surface area (Å²) in [6.07, 6.45) is -15.0. The first-order valence-electron chi connectivity index (χ1n) is 19.5. The second-order valence-corrected chi connectivity index (χ2v) is 15.7. The molecular weight excluding hydrogens is 808 g/mol. The lowest BCUT2D eigenvalue weighted by Gasteiger charge is -2.49. The molecular formula is C36H54N4O18S. The van der Waals surface area contributed by atoms with Gasteiger partial charge in [0.2, 0.25) is 5.91 Å². The molecule has 1 aromatic rings. The minimum atomic E-state index is -1.88. The summed E-state index contributed by atoms with van der Waals surface area (Å²) in [4.78, 5) is 80.5. The number of carbonyl (C=O) groups is 4. The minimum absolute atomic E-state index is 0.00216. The van der Waals surface area contributed by atoms with Gasteiger partial charge in [0.1, 0.15) is 54.5 Å². The fraction of sp³-hybridized carbons (Fsp3) is 0.778. The number of aromatic amines is 2. The molecule has 59 heavy (non-hydrogen) atoms. The van der Waals surface area contributed by atoms with E-state index in [-0.39, 0.29) is 30.9 Å². The Balaban J connectivity index is 1.54. The predicted octanol–water partition coefficient (Wildman–Crippen LogP) is -3.36. The molecule has 10 N–H and O–H groups in total. The van der Waals surface area contributed by atoms with Crippen LogP contribution in [0.3, 0.4) is 0 Å². The van der Waals surface area contributed by atoms with Crippen molar-refractivity contribution in [3.8, 4) is 0 Å². The Hall–Kier alpha value is -3.49. The summed E-state index contributed by atoms with van der Waals surface area (Å²) >= 11 is 4.04. The fourth-order valence-corrected chi connectivity index (χ4v) is 8.27. The maximum Gasteiger partial charge on any atom is 0.332 e. The average molecular weight is 863 g/mol. The monoisotopic (exact) mass is 862 g/mol. The van der Waals surface area contributed by atoms with Gasteiger partial charge >= 0.3 is 17.6 Å². The molecule has 0 radical (unpaired) electrons. The van der Waals surface area contributed by atoms with E-state index >= 15 is 0 Å². The van der Waals surface area contributed by atoms with Gasteiger partial charge in [-0.3, -0.25) is 24.2 Å². The Morgan fingerprint density at radius 2 is 1.63 bits per heavy atom. The minimum Gasteiger partial charge on any atom is -0.479 e. The van der Waals surface area contributed by atoms with Crippen LogP contribution in [0.4, 0.5) is 0 Å². The van der Waals surface area contributed by atoms with Crippen LogP contribution in [0.5, 0.6) is 0 Å². The first kappa shape index (κ1) is 46.6. The van der Waals surface area contributed by atoms with Gasteiger partial charge in [0.15, 0.2) is 18.7 Å². The van der Waals surface area contributed by atoms with E-state index < -0.39 is 139 Å². The maximum absolute atomic E-state index is 13.6. The number of aromatic nitrogens is 2. The number of hydrogen-bond acceptors (Lipinski definition) is 18. The summed E-state index contributed by atoms with van der Waals surface area (Å²) in [5.41, 5.74) is -2.39. The van der Waals surface area contributed by atoms with E-state index in [1.165, 1.54) is 6.92 Å². The Morgan fingerprint density at radius 1 is 0.915 bits per heavy atom. The number of aliphatic hydroxyl groups is 5. The van der Waals surface area contributed by atoms with Crippen molar-refractivity contribution in [1.82, 2.24) is 20.6 Å². The number of hydrogen-bond donors (Lipinski definition) is 11. The van der Waals surface area contributed by atoms with Crippen LogP contribution in [-0.2, 0) is 42.8 Å². The highest BCUT2D eigenvalue weighted by molar-refractivity contribution is 7.81.